The number of thiazole rings is 1. The summed E-state index contributed by atoms with van der Waals surface area (Å²) in [5, 5.41) is 12.5. The lowest BCUT2D eigenvalue weighted by atomic mass is 9.95. The third-order valence-electron chi connectivity index (χ3n) is 5.61. The van der Waals surface area contributed by atoms with E-state index in [4.69, 9.17) is 27.9 Å². The number of rotatable bonds is 5. The molecular formula is C26H18Cl2N2O4S. The highest BCUT2D eigenvalue weighted by Gasteiger charge is 2.48. The number of ether oxygens (including phenoxy) is 1. The van der Waals surface area contributed by atoms with Crippen LogP contribution in [0, 0.1) is 0 Å². The van der Waals surface area contributed by atoms with Crippen molar-refractivity contribution in [2.75, 3.05) is 11.5 Å². The molecule has 1 aliphatic rings. The summed E-state index contributed by atoms with van der Waals surface area (Å²) in [6.07, 6.45) is 0. The van der Waals surface area contributed by atoms with E-state index in [1.807, 2.05) is 19.1 Å². The fourth-order valence-electron chi connectivity index (χ4n) is 4.01. The number of aliphatic hydroxyl groups excluding tert-OH is 1. The van der Waals surface area contributed by atoms with Crippen LogP contribution >= 0.6 is 34.5 Å². The molecule has 2 heterocycles. The molecule has 0 bridgehead atoms. The number of aromatic nitrogens is 1. The topological polar surface area (TPSA) is 79.7 Å². The van der Waals surface area contributed by atoms with Gasteiger partial charge in [-0.25, -0.2) is 4.98 Å². The number of fused-ring (bicyclic) bond motifs is 1. The number of anilines is 1. The molecule has 35 heavy (non-hydrogen) atoms. The van der Waals surface area contributed by atoms with Crippen LogP contribution in [-0.2, 0) is 9.59 Å². The summed E-state index contributed by atoms with van der Waals surface area (Å²) in [6.45, 7) is 2.42. The molecule has 0 spiro atoms. The zero-order valence-electron chi connectivity index (χ0n) is 18.4. The number of Topliss-reactive ketones (excluding diaryl/α,β-unsaturated/α-hetero) is 1. The van der Waals surface area contributed by atoms with E-state index in [1.165, 1.54) is 16.2 Å². The van der Waals surface area contributed by atoms with Gasteiger partial charge >= 0.3 is 5.91 Å². The van der Waals surface area contributed by atoms with Crippen molar-refractivity contribution in [3.63, 3.8) is 0 Å². The van der Waals surface area contributed by atoms with Gasteiger partial charge in [-0.3, -0.25) is 14.5 Å². The van der Waals surface area contributed by atoms with Crippen molar-refractivity contribution in [2.45, 2.75) is 13.0 Å². The number of aliphatic hydroxyl groups is 1. The normalized spacial score (nSPS) is 17.3. The maximum absolute atomic E-state index is 13.3. The van der Waals surface area contributed by atoms with Crippen LogP contribution in [0.2, 0.25) is 10.0 Å². The molecule has 1 atom stereocenters. The summed E-state index contributed by atoms with van der Waals surface area (Å²) in [5.74, 6) is -1.17. The molecule has 0 saturated carbocycles. The van der Waals surface area contributed by atoms with Gasteiger partial charge in [0, 0.05) is 15.6 Å². The molecule has 1 amide bonds. The Morgan fingerprint density at radius 2 is 1.69 bits per heavy atom. The molecule has 9 heteroatoms. The predicted molar refractivity (Wildman–Crippen MR) is 138 cm³/mol. The fraction of sp³-hybridized carbons (Fsp3) is 0.115. The molecule has 0 radical (unpaired) electrons. The number of benzene rings is 3. The van der Waals surface area contributed by atoms with Crippen LogP contribution in [0.3, 0.4) is 0 Å². The summed E-state index contributed by atoms with van der Waals surface area (Å²) >= 11 is 13.3. The van der Waals surface area contributed by atoms with Gasteiger partial charge in [-0.15, -0.1) is 0 Å². The maximum atomic E-state index is 13.3. The molecule has 5 rings (SSSR count). The van der Waals surface area contributed by atoms with E-state index >= 15 is 0 Å². The van der Waals surface area contributed by atoms with Gasteiger partial charge in [0.1, 0.15) is 11.5 Å². The fourth-order valence-corrected chi connectivity index (χ4v) is 5.28. The Labute approximate surface area is 215 Å². The molecule has 3 aromatic carbocycles. The first-order valence-corrected chi connectivity index (χ1v) is 12.3. The smallest absolute Gasteiger partial charge is 0.301 e. The number of nitrogens with zero attached hydrogens (tertiary/aromatic N) is 2. The molecule has 1 aliphatic heterocycles. The summed E-state index contributed by atoms with van der Waals surface area (Å²) in [4.78, 5) is 32.6. The van der Waals surface area contributed by atoms with Crippen molar-refractivity contribution >= 4 is 67.3 Å². The van der Waals surface area contributed by atoms with Crippen LogP contribution in [0.4, 0.5) is 5.13 Å². The van der Waals surface area contributed by atoms with Crippen LogP contribution < -0.4 is 9.64 Å². The largest absolute Gasteiger partial charge is 0.507 e. The van der Waals surface area contributed by atoms with Crippen molar-refractivity contribution in [1.82, 2.24) is 4.98 Å². The molecule has 0 aliphatic carbocycles. The van der Waals surface area contributed by atoms with E-state index in [9.17, 15) is 14.7 Å². The molecule has 176 valence electrons. The second kappa shape index (κ2) is 9.34. The summed E-state index contributed by atoms with van der Waals surface area (Å²) in [7, 11) is 0. The second-order valence-electron chi connectivity index (χ2n) is 7.79. The molecule has 1 N–H and O–H groups in total. The van der Waals surface area contributed by atoms with Gasteiger partial charge in [0.2, 0.25) is 0 Å². The Bertz CT molecular complexity index is 1480. The van der Waals surface area contributed by atoms with Gasteiger partial charge < -0.3 is 9.84 Å². The Morgan fingerprint density at radius 1 is 1.03 bits per heavy atom. The van der Waals surface area contributed by atoms with Crippen LogP contribution in [0.25, 0.3) is 16.0 Å². The average Bonchev–Trinajstić information content (AvgIpc) is 3.38. The van der Waals surface area contributed by atoms with Crippen molar-refractivity contribution in [1.29, 1.82) is 0 Å². The third kappa shape index (κ3) is 4.27. The second-order valence-corrected chi connectivity index (χ2v) is 9.67. The summed E-state index contributed by atoms with van der Waals surface area (Å²) in [5.41, 5.74) is 1.62. The lowest BCUT2D eigenvalue weighted by molar-refractivity contribution is -0.132. The monoisotopic (exact) mass is 524 g/mol. The summed E-state index contributed by atoms with van der Waals surface area (Å²) < 4.78 is 6.38. The minimum atomic E-state index is -0.894. The highest BCUT2D eigenvalue weighted by atomic mass is 35.5. The first kappa shape index (κ1) is 23.4. The Hall–Kier alpha value is -3.39. The first-order chi connectivity index (χ1) is 16.9. The molecular weight excluding hydrogens is 507 g/mol. The highest BCUT2D eigenvalue weighted by Crippen LogP contribution is 2.44. The van der Waals surface area contributed by atoms with Crippen LogP contribution in [0.15, 0.2) is 72.3 Å². The van der Waals surface area contributed by atoms with Crippen LogP contribution in [0.5, 0.6) is 5.75 Å². The summed E-state index contributed by atoms with van der Waals surface area (Å²) in [6, 6.07) is 17.8. The van der Waals surface area contributed by atoms with Crippen LogP contribution in [-0.4, -0.2) is 28.4 Å². The third-order valence-corrected chi connectivity index (χ3v) is 7.13. The van der Waals surface area contributed by atoms with E-state index in [-0.39, 0.29) is 11.3 Å². The minimum absolute atomic E-state index is 0.0334. The van der Waals surface area contributed by atoms with Crippen LogP contribution in [0.1, 0.15) is 24.1 Å². The maximum Gasteiger partial charge on any atom is 0.301 e. The van der Waals surface area contributed by atoms with E-state index in [0.29, 0.717) is 44.2 Å². The Morgan fingerprint density at radius 3 is 2.34 bits per heavy atom. The SMILES string of the molecule is CCOc1ccc2nc(N3C(=O)C(=O)C(=C(O)c4ccc(Cl)cc4)C3c3ccc(Cl)cc3)sc2c1. The number of ketones is 1. The van der Waals surface area contributed by atoms with Crippen molar-refractivity contribution < 1.29 is 19.4 Å². The van der Waals surface area contributed by atoms with Gasteiger partial charge in [0.05, 0.1) is 28.4 Å². The van der Waals surface area contributed by atoms with Gasteiger partial charge in [-0.2, -0.15) is 0 Å². The molecule has 1 aromatic heterocycles. The standard InChI is InChI=1S/C26H18Cl2N2O4S/c1-2-34-18-11-12-19-20(13-18)35-26(29-19)30-22(14-3-7-16(27)8-4-14)21(24(32)25(30)33)23(31)15-5-9-17(28)10-6-15/h3-13,22,31H,2H2,1H3. The molecule has 1 unspecified atom stereocenters. The van der Waals surface area contributed by atoms with E-state index in [1.54, 1.807) is 54.6 Å². The van der Waals surface area contributed by atoms with Crippen molar-refractivity contribution in [2.24, 2.45) is 0 Å². The quantitative estimate of drug-likeness (QED) is 0.180. The number of carbonyl (C=O) groups excluding carboxylic acids is 2. The number of halogens is 2. The number of hydrogen-bond acceptors (Lipinski definition) is 6. The highest BCUT2D eigenvalue weighted by molar-refractivity contribution is 7.22. The lowest BCUT2D eigenvalue weighted by Gasteiger charge is -2.23. The minimum Gasteiger partial charge on any atom is -0.507 e. The lowest BCUT2D eigenvalue weighted by Crippen LogP contribution is -2.29. The van der Waals surface area contributed by atoms with Crippen molar-refractivity contribution in [3.8, 4) is 5.75 Å². The van der Waals surface area contributed by atoms with Crippen molar-refractivity contribution in [3.05, 3.63) is 93.5 Å². The van der Waals surface area contributed by atoms with E-state index < -0.39 is 17.7 Å². The first-order valence-electron chi connectivity index (χ1n) is 10.7. The van der Waals surface area contributed by atoms with Gasteiger partial charge in [0.25, 0.3) is 5.78 Å². The zero-order valence-corrected chi connectivity index (χ0v) is 20.7. The van der Waals surface area contributed by atoms with E-state index in [0.717, 1.165) is 4.70 Å². The number of carbonyl (C=O) groups is 2. The van der Waals surface area contributed by atoms with Gasteiger partial charge in [-0.1, -0.05) is 46.7 Å². The Balaban J connectivity index is 1.69. The Kier molecular flexibility index (Phi) is 6.23. The zero-order chi connectivity index (χ0) is 24.7. The molecule has 1 saturated heterocycles. The van der Waals surface area contributed by atoms with Gasteiger partial charge in [-0.05, 0) is 67.1 Å². The predicted octanol–water partition coefficient (Wildman–Crippen LogP) is 6.63. The molecule has 4 aromatic rings. The molecule has 1 fully saturated rings. The number of amides is 1. The average molecular weight is 525 g/mol. The van der Waals surface area contributed by atoms with Gasteiger partial charge in [0.15, 0.2) is 5.13 Å². The van der Waals surface area contributed by atoms with E-state index in [2.05, 4.69) is 4.98 Å². The number of hydrogen-bond donors (Lipinski definition) is 1. The molecule has 6 nitrogen and oxygen atoms in total.